The van der Waals surface area contributed by atoms with Crippen molar-refractivity contribution in [2.75, 3.05) is 27.2 Å². The van der Waals surface area contributed by atoms with Crippen molar-refractivity contribution in [3.8, 4) is 16.8 Å². The molecule has 32 heavy (non-hydrogen) atoms. The highest BCUT2D eigenvalue weighted by Gasteiger charge is 2.19. The zero-order chi connectivity index (χ0) is 22.5. The molecule has 4 rings (SSSR count). The average Bonchev–Trinajstić information content (AvgIpc) is 3.12. The summed E-state index contributed by atoms with van der Waals surface area (Å²) in [6.07, 6.45) is 0. The molecule has 0 saturated carbocycles. The Morgan fingerprint density at radius 1 is 0.875 bits per heavy atom. The zero-order valence-corrected chi connectivity index (χ0v) is 18.7. The van der Waals surface area contributed by atoms with E-state index in [4.69, 9.17) is 4.99 Å². The predicted molar refractivity (Wildman–Crippen MR) is 132 cm³/mol. The molecule has 0 aliphatic rings. The number of para-hydroxylation sites is 1. The molecule has 162 valence electrons. The topological polar surface area (TPSA) is 53.4 Å². The second kappa shape index (κ2) is 9.62. The summed E-state index contributed by atoms with van der Waals surface area (Å²) in [7, 11) is 4.04. The normalized spacial score (nSPS) is 11.8. The Bertz CT molecular complexity index is 1250. The molecule has 0 bridgehead atoms. The van der Waals surface area contributed by atoms with E-state index in [1.807, 2.05) is 69.6 Å². The molecule has 0 aliphatic carbocycles. The maximum Gasteiger partial charge on any atom is 0.280 e. The third kappa shape index (κ3) is 4.63. The smallest absolute Gasteiger partial charge is 0.280 e. The number of hydrogen-bond donors (Lipinski definition) is 1. The van der Waals surface area contributed by atoms with Crippen LogP contribution in [0.2, 0.25) is 0 Å². The van der Waals surface area contributed by atoms with Crippen molar-refractivity contribution >= 4 is 5.71 Å². The lowest BCUT2D eigenvalue weighted by atomic mass is 9.99. The number of aromatic nitrogens is 2. The Morgan fingerprint density at radius 3 is 2.09 bits per heavy atom. The first-order valence-corrected chi connectivity index (χ1v) is 10.8. The van der Waals surface area contributed by atoms with E-state index in [0.29, 0.717) is 12.1 Å². The Morgan fingerprint density at radius 2 is 1.47 bits per heavy atom. The molecule has 5 nitrogen and oxygen atoms in total. The molecular weight excluding hydrogens is 396 g/mol. The summed E-state index contributed by atoms with van der Waals surface area (Å²) >= 11 is 0. The van der Waals surface area contributed by atoms with Crippen molar-refractivity contribution in [3.63, 3.8) is 0 Å². The van der Waals surface area contributed by atoms with Crippen molar-refractivity contribution in [2.45, 2.75) is 6.92 Å². The number of rotatable bonds is 7. The fourth-order valence-electron chi connectivity index (χ4n) is 3.71. The Hall–Kier alpha value is -3.70. The number of H-pyrrole nitrogens is 1. The second-order valence-electron chi connectivity index (χ2n) is 8.06. The fraction of sp³-hybridized carbons (Fsp3) is 0.185. The van der Waals surface area contributed by atoms with E-state index in [1.165, 1.54) is 0 Å². The van der Waals surface area contributed by atoms with E-state index in [0.717, 1.165) is 40.3 Å². The summed E-state index contributed by atoms with van der Waals surface area (Å²) in [5.41, 5.74) is 6.07. The van der Waals surface area contributed by atoms with Gasteiger partial charge in [-0.15, -0.1) is 0 Å². The third-order valence-electron chi connectivity index (χ3n) is 5.41. The highest BCUT2D eigenvalue weighted by molar-refractivity contribution is 6.13. The number of benzene rings is 3. The van der Waals surface area contributed by atoms with Crippen molar-refractivity contribution in [3.05, 3.63) is 112 Å². The predicted octanol–water partition coefficient (Wildman–Crippen LogP) is 4.54. The first-order valence-electron chi connectivity index (χ1n) is 10.8. The lowest BCUT2D eigenvalue weighted by molar-refractivity contribution is 0.420. The van der Waals surface area contributed by atoms with Gasteiger partial charge in [0.2, 0.25) is 0 Å². The van der Waals surface area contributed by atoms with Gasteiger partial charge in [-0.1, -0.05) is 72.8 Å². The van der Waals surface area contributed by atoms with Crippen LogP contribution in [0.5, 0.6) is 0 Å². The molecule has 0 fully saturated rings. The van der Waals surface area contributed by atoms with Gasteiger partial charge in [-0.05, 0) is 44.3 Å². The van der Waals surface area contributed by atoms with Gasteiger partial charge in [-0.3, -0.25) is 14.9 Å². The van der Waals surface area contributed by atoms with Crippen LogP contribution >= 0.6 is 0 Å². The van der Waals surface area contributed by atoms with E-state index < -0.39 is 0 Å². The molecule has 1 aromatic heterocycles. The molecule has 0 spiro atoms. The monoisotopic (exact) mass is 424 g/mol. The minimum Gasteiger partial charge on any atom is -0.308 e. The molecule has 0 saturated heterocycles. The maximum absolute atomic E-state index is 13.4. The number of nitrogens with one attached hydrogen (secondary N) is 1. The van der Waals surface area contributed by atoms with Crippen LogP contribution in [0.25, 0.3) is 16.8 Å². The summed E-state index contributed by atoms with van der Waals surface area (Å²) in [4.78, 5) is 20.4. The maximum atomic E-state index is 13.4. The van der Waals surface area contributed by atoms with E-state index in [9.17, 15) is 4.79 Å². The molecule has 5 heteroatoms. The molecule has 0 aliphatic heterocycles. The van der Waals surface area contributed by atoms with Gasteiger partial charge >= 0.3 is 0 Å². The molecule has 4 aromatic rings. The van der Waals surface area contributed by atoms with E-state index in [-0.39, 0.29) is 5.56 Å². The highest BCUT2D eigenvalue weighted by atomic mass is 16.1. The number of aliphatic imine (C=N–C) groups is 1. The van der Waals surface area contributed by atoms with Crippen LogP contribution in [0.3, 0.4) is 0 Å². The van der Waals surface area contributed by atoms with Crippen molar-refractivity contribution in [1.82, 2.24) is 14.7 Å². The molecular formula is C27H28N4O. The van der Waals surface area contributed by atoms with Gasteiger partial charge in [0.15, 0.2) is 0 Å². The molecule has 0 atom stereocenters. The molecule has 1 N–H and O–H groups in total. The van der Waals surface area contributed by atoms with Gasteiger partial charge in [0.25, 0.3) is 5.56 Å². The largest absolute Gasteiger partial charge is 0.308 e. The summed E-state index contributed by atoms with van der Waals surface area (Å²) in [6.45, 7) is 3.34. The van der Waals surface area contributed by atoms with Crippen molar-refractivity contribution in [1.29, 1.82) is 0 Å². The second-order valence-corrected chi connectivity index (χ2v) is 8.06. The molecule has 0 unspecified atom stereocenters. The lowest BCUT2D eigenvalue weighted by Crippen LogP contribution is -2.23. The molecule has 3 aromatic carbocycles. The van der Waals surface area contributed by atoms with Gasteiger partial charge < -0.3 is 4.90 Å². The van der Waals surface area contributed by atoms with Crippen molar-refractivity contribution < 1.29 is 0 Å². The Balaban J connectivity index is 1.77. The molecule has 0 radical (unpaired) electrons. The molecule has 1 heterocycles. The van der Waals surface area contributed by atoms with Gasteiger partial charge in [-0.25, -0.2) is 4.68 Å². The summed E-state index contributed by atoms with van der Waals surface area (Å²) < 4.78 is 1.59. The summed E-state index contributed by atoms with van der Waals surface area (Å²) in [5.74, 6) is 0. The SMILES string of the molecule is Cc1[nH]n(-c2ccccc2)c(=O)c1C(=NCCN(C)C)c1ccc(-c2ccccc2)cc1. The van der Waals surface area contributed by atoms with Gasteiger partial charge in [0, 0.05) is 17.8 Å². The first kappa shape index (κ1) is 21.5. The van der Waals surface area contributed by atoms with Crippen LogP contribution in [0, 0.1) is 6.92 Å². The number of aryl methyl sites for hydroxylation is 1. The van der Waals surface area contributed by atoms with Gasteiger partial charge in [0.05, 0.1) is 23.5 Å². The summed E-state index contributed by atoms with van der Waals surface area (Å²) in [6, 6.07) is 28.2. The Labute approximate surface area is 188 Å². The fourth-order valence-corrected chi connectivity index (χ4v) is 3.71. The number of nitrogens with zero attached hydrogens (tertiary/aromatic N) is 3. The van der Waals surface area contributed by atoms with E-state index in [1.54, 1.807) is 4.68 Å². The van der Waals surface area contributed by atoms with E-state index >= 15 is 0 Å². The number of likely N-dealkylation sites (N-methyl/N-ethyl adjacent to an activating group) is 1. The quantitative estimate of drug-likeness (QED) is 0.443. The number of hydrogen-bond acceptors (Lipinski definition) is 3. The van der Waals surface area contributed by atoms with Gasteiger partial charge in [-0.2, -0.15) is 0 Å². The van der Waals surface area contributed by atoms with E-state index in [2.05, 4.69) is 46.4 Å². The average molecular weight is 425 g/mol. The van der Waals surface area contributed by atoms with Crippen LogP contribution in [-0.2, 0) is 0 Å². The highest BCUT2D eigenvalue weighted by Crippen LogP contribution is 2.21. The minimum absolute atomic E-state index is 0.0931. The third-order valence-corrected chi connectivity index (χ3v) is 5.41. The number of aromatic amines is 1. The van der Waals surface area contributed by atoms with Crippen LogP contribution in [0.4, 0.5) is 0 Å². The van der Waals surface area contributed by atoms with Crippen LogP contribution < -0.4 is 5.56 Å². The first-order chi connectivity index (χ1) is 15.5. The van der Waals surface area contributed by atoms with Crippen LogP contribution in [-0.4, -0.2) is 47.6 Å². The Kier molecular flexibility index (Phi) is 6.47. The van der Waals surface area contributed by atoms with Crippen LogP contribution in [0.15, 0.2) is 94.7 Å². The zero-order valence-electron chi connectivity index (χ0n) is 18.7. The van der Waals surface area contributed by atoms with Crippen LogP contribution in [0.1, 0.15) is 16.8 Å². The lowest BCUT2D eigenvalue weighted by Gasteiger charge is -2.10. The summed E-state index contributed by atoms with van der Waals surface area (Å²) in [5, 5.41) is 3.23. The minimum atomic E-state index is -0.0931. The van der Waals surface area contributed by atoms with Gasteiger partial charge in [0.1, 0.15) is 0 Å². The standard InChI is InChI=1S/C27H28N4O/c1-20-25(27(32)31(29-20)24-12-8-5-9-13-24)26(28-18-19-30(2)3)23-16-14-22(15-17-23)21-10-6-4-7-11-21/h4-17,29H,18-19H2,1-3H3. The van der Waals surface area contributed by atoms with Crippen molar-refractivity contribution in [2.24, 2.45) is 4.99 Å². The molecule has 0 amide bonds.